The molecule has 0 radical (unpaired) electrons. The number of rotatable bonds is 3. The van der Waals surface area contributed by atoms with Gasteiger partial charge in [-0.1, -0.05) is 36.4 Å². The molecule has 0 aliphatic rings. The summed E-state index contributed by atoms with van der Waals surface area (Å²) in [6.45, 7) is 0. The minimum absolute atomic E-state index is 0.0138. The molecule has 0 bridgehead atoms. The summed E-state index contributed by atoms with van der Waals surface area (Å²) in [5, 5.41) is 83.5. The van der Waals surface area contributed by atoms with Crippen LogP contribution in [0, 0.1) is 0 Å². The zero-order valence-corrected chi connectivity index (χ0v) is 21.0. The lowest BCUT2D eigenvalue weighted by Crippen LogP contribution is -2.07. The van der Waals surface area contributed by atoms with Crippen LogP contribution in [0.5, 0.6) is 46.0 Å². The molecule has 12 heteroatoms. The van der Waals surface area contributed by atoms with Gasteiger partial charge in [0.25, 0.3) is 0 Å². The van der Waals surface area contributed by atoms with Crippen LogP contribution in [0.15, 0.2) is 79.5 Å². The predicted molar refractivity (Wildman–Crippen MR) is 148 cm³/mol. The van der Waals surface area contributed by atoms with Crippen molar-refractivity contribution in [3.05, 3.63) is 81.5 Å². The van der Waals surface area contributed by atoms with E-state index in [1.807, 2.05) is 0 Å². The average molecular weight is 570 g/mol. The van der Waals surface area contributed by atoms with Crippen LogP contribution in [0.3, 0.4) is 0 Å². The van der Waals surface area contributed by atoms with Crippen molar-refractivity contribution in [2.45, 2.75) is 0 Å². The third-order valence-corrected chi connectivity index (χ3v) is 6.92. The highest BCUT2D eigenvalue weighted by atomic mass is 16.4. The van der Waals surface area contributed by atoms with E-state index in [-0.39, 0.29) is 33.8 Å². The molecular weight excluding hydrogens is 552 g/mol. The molecule has 2 aromatic heterocycles. The quantitative estimate of drug-likeness (QED) is 0.137. The van der Waals surface area contributed by atoms with E-state index >= 15 is 0 Å². The van der Waals surface area contributed by atoms with Gasteiger partial charge < -0.3 is 49.7 Å². The van der Waals surface area contributed by atoms with Crippen LogP contribution in [0.2, 0.25) is 0 Å². The van der Waals surface area contributed by atoms with E-state index in [0.717, 1.165) is 12.5 Å². The third-order valence-electron chi connectivity index (χ3n) is 6.92. The normalized spacial score (nSPS) is 11.3. The molecule has 0 aliphatic carbocycles. The molecule has 42 heavy (non-hydrogen) atoms. The van der Waals surface area contributed by atoms with E-state index in [0.29, 0.717) is 0 Å². The fourth-order valence-electron chi connectivity index (χ4n) is 4.89. The van der Waals surface area contributed by atoms with Crippen molar-refractivity contribution in [3.8, 4) is 79.4 Å². The van der Waals surface area contributed by atoms with Crippen LogP contribution in [0.4, 0.5) is 0 Å². The number of aromatic hydroxyl groups is 8. The number of benzene rings is 4. The first-order valence-electron chi connectivity index (χ1n) is 12.1. The highest BCUT2D eigenvalue weighted by Crippen LogP contribution is 2.56. The van der Waals surface area contributed by atoms with Crippen LogP contribution in [0.25, 0.3) is 55.3 Å². The SMILES string of the molecule is O=c1c(-c2ccccc2O)coc2c(-c3c(O)c(O)c(O)c4c(=O)c(-c5ccccc5O)coc34)c(O)c(O)c(O)c12. The molecule has 8 N–H and O–H groups in total. The van der Waals surface area contributed by atoms with Crippen molar-refractivity contribution < 1.29 is 49.7 Å². The standard InChI is InChI=1S/C30H18O12/c31-15-7-3-1-5-11(15)13-9-41-29-17(23(35)27(39)25(37)19(29)21(13)33)18-24(36)28(40)26(38)20-22(34)14(10-42-30(18)20)12-6-2-4-8-16(12)32/h1-10,31-32,35-40H. The third kappa shape index (κ3) is 3.48. The Morgan fingerprint density at radius 1 is 0.429 bits per heavy atom. The molecule has 2 heterocycles. The van der Waals surface area contributed by atoms with Crippen LogP contribution in [-0.4, -0.2) is 40.9 Å². The van der Waals surface area contributed by atoms with Gasteiger partial charge in [-0.05, 0) is 12.1 Å². The second kappa shape index (κ2) is 9.13. The fourth-order valence-corrected chi connectivity index (χ4v) is 4.89. The summed E-state index contributed by atoms with van der Waals surface area (Å²) in [5.41, 5.74) is -5.04. The number of para-hydroxylation sites is 2. The van der Waals surface area contributed by atoms with Crippen LogP contribution in [0.1, 0.15) is 0 Å². The summed E-state index contributed by atoms with van der Waals surface area (Å²) < 4.78 is 11.2. The highest BCUT2D eigenvalue weighted by molar-refractivity contribution is 6.11. The smallest absolute Gasteiger partial charge is 0.204 e. The van der Waals surface area contributed by atoms with Crippen LogP contribution in [-0.2, 0) is 0 Å². The van der Waals surface area contributed by atoms with Crippen molar-refractivity contribution in [1.29, 1.82) is 0 Å². The molecule has 6 rings (SSSR count). The van der Waals surface area contributed by atoms with Crippen LogP contribution >= 0.6 is 0 Å². The Labute approximate surface area is 232 Å². The van der Waals surface area contributed by atoms with E-state index in [9.17, 15) is 50.4 Å². The predicted octanol–water partition coefficient (Wildman–Crippen LogP) is 4.55. The van der Waals surface area contributed by atoms with E-state index in [2.05, 4.69) is 0 Å². The lowest BCUT2D eigenvalue weighted by molar-refractivity contribution is 0.367. The van der Waals surface area contributed by atoms with Crippen molar-refractivity contribution >= 4 is 21.9 Å². The van der Waals surface area contributed by atoms with Gasteiger partial charge in [-0.3, -0.25) is 9.59 Å². The topological polar surface area (TPSA) is 222 Å². The van der Waals surface area contributed by atoms with E-state index < -0.39 is 78.4 Å². The molecule has 0 spiro atoms. The maximum Gasteiger partial charge on any atom is 0.204 e. The summed E-state index contributed by atoms with van der Waals surface area (Å²) in [6.07, 6.45) is 1.79. The van der Waals surface area contributed by atoms with Gasteiger partial charge in [0.1, 0.15) is 34.8 Å². The number of fused-ring (bicyclic) bond motifs is 2. The Hall–Kier alpha value is -6.30. The summed E-state index contributed by atoms with van der Waals surface area (Å²) in [5.74, 6) is -7.57. The molecule has 210 valence electrons. The van der Waals surface area contributed by atoms with Gasteiger partial charge >= 0.3 is 0 Å². The first-order chi connectivity index (χ1) is 20.0. The van der Waals surface area contributed by atoms with Gasteiger partial charge in [-0.2, -0.15) is 0 Å². The maximum atomic E-state index is 13.5. The molecule has 12 nitrogen and oxygen atoms in total. The molecule has 0 aliphatic heterocycles. The average Bonchev–Trinajstić information content (AvgIpc) is 2.97. The van der Waals surface area contributed by atoms with Gasteiger partial charge in [0, 0.05) is 11.1 Å². The van der Waals surface area contributed by atoms with E-state index in [1.54, 1.807) is 0 Å². The Morgan fingerprint density at radius 3 is 1.14 bits per heavy atom. The van der Waals surface area contributed by atoms with Crippen molar-refractivity contribution in [2.24, 2.45) is 0 Å². The number of phenolic OH excluding ortho intramolecular Hbond substituents is 8. The van der Waals surface area contributed by atoms with Crippen molar-refractivity contribution in [2.75, 3.05) is 0 Å². The summed E-state index contributed by atoms with van der Waals surface area (Å²) in [6, 6.07) is 11.4. The maximum absolute atomic E-state index is 13.5. The van der Waals surface area contributed by atoms with Gasteiger partial charge in [0.15, 0.2) is 34.2 Å². The number of hydrogen-bond acceptors (Lipinski definition) is 12. The minimum Gasteiger partial charge on any atom is -0.507 e. The lowest BCUT2D eigenvalue weighted by Gasteiger charge is -2.16. The van der Waals surface area contributed by atoms with E-state index in [4.69, 9.17) is 8.83 Å². The lowest BCUT2D eigenvalue weighted by atomic mass is 9.94. The minimum atomic E-state index is -1.23. The second-order valence-corrected chi connectivity index (χ2v) is 9.24. The molecule has 0 unspecified atom stereocenters. The highest BCUT2D eigenvalue weighted by Gasteiger charge is 2.32. The van der Waals surface area contributed by atoms with Crippen LogP contribution < -0.4 is 10.9 Å². The van der Waals surface area contributed by atoms with E-state index in [1.165, 1.54) is 48.5 Å². The van der Waals surface area contributed by atoms with Gasteiger partial charge in [-0.25, -0.2) is 0 Å². The Kier molecular flexibility index (Phi) is 5.64. The first-order valence-corrected chi connectivity index (χ1v) is 12.1. The molecule has 0 saturated carbocycles. The molecule has 6 aromatic rings. The summed E-state index contributed by atoms with van der Waals surface area (Å²) in [4.78, 5) is 27.1. The summed E-state index contributed by atoms with van der Waals surface area (Å²) >= 11 is 0. The Morgan fingerprint density at radius 2 is 0.786 bits per heavy atom. The van der Waals surface area contributed by atoms with Gasteiger partial charge in [-0.15, -0.1) is 0 Å². The van der Waals surface area contributed by atoms with Gasteiger partial charge in [0.2, 0.25) is 22.4 Å². The number of phenols is 8. The molecule has 0 atom stereocenters. The fraction of sp³-hybridized carbons (Fsp3) is 0. The first kappa shape index (κ1) is 26.0. The van der Waals surface area contributed by atoms with Crippen molar-refractivity contribution in [3.63, 3.8) is 0 Å². The second-order valence-electron chi connectivity index (χ2n) is 9.24. The zero-order valence-electron chi connectivity index (χ0n) is 21.0. The number of hydrogen-bond donors (Lipinski definition) is 8. The monoisotopic (exact) mass is 570 g/mol. The molecule has 0 saturated heterocycles. The van der Waals surface area contributed by atoms with Crippen molar-refractivity contribution in [1.82, 2.24) is 0 Å². The Bertz CT molecular complexity index is 2070. The molecule has 0 fully saturated rings. The van der Waals surface area contributed by atoms with Gasteiger partial charge in [0.05, 0.1) is 22.3 Å². The molecule has 0 amide bonds. The largest absolute Gasteiger partial charge is 0.507 e. The summed E-state index contributed by atoms with van der Waals surface area (Å²) in [7, 11) is 0. The molecular formula is C30H18O12. The Balaban J connectivity index is 1.76. The molecule has 4 aromatic carbocycles. The zero-order chi connectivity index (χ0) is 30.0.